The quantitative estimate of drug-likeness (QED) is 0.0177. The molecule has 5 aromatic carbocycles. The Hall–Kier alpha value is -7.52. The third-order valence-electron chi connectivity index (χ3n) is 11.2. The number of nitrogens with one attached hydrogen (secondary N) is 2. The van der Waals surface area contributed by atoms with Gasteiger partial charge in [-0.25, -0.2) is 19.3 Å². The molecular weight excluding hydrogens is 991 g/mol. The predicted molar refractivity (Wildman–Crippen MR) is 279 cm³/mol. The van der Waals surface area contributed by atoms with E-state index in [9.17, 15) is 9.59 Å². The molecule has 7 aromatic rings. The summed E-state index contributed by atoms with van der Waals surface area (Å²) in [5.41, 5.74) is 1.25. The molecule has 3 amide bonds. The molecule has 0 aliphatic carbocycles. The van der Waals surface area contributed by atoms with Crippen LogP contribution >= 0.6 is 47.1 Å². The molecule has 1 fully saturated rings. The molecule has 20 heteroatoms. The largest absolute Gasteiger partial charge is 0.448 e. The Labute approximate surface area is 432 Å². The fraction of sp³-hybridized carbons (Fsp3) is 0.192. The van der Waals surface area contributed by atoms with Crippen LogP contribution in [-0.2, 0) is 41.3 Å². The normalized spacial score (nSPS) is 15.9. The number of amides is 3. The van der Waals surface area contributed by atoms with Crippen LogP contribution in [0.3, 0.4) is 0 Å². The fourth-order valence-electron chi connectivity index (χ4n) is 7.95. The Morgan fingerprint density at radius 2 is 1.36 bits per heavy atom. The lowest BCUT2D eigenvalue weighted by Gasteiger charge is -2.47. The highest BCUT2D eigenvalue weighted by Crippen LogP contribution is 2.45. The highest BCUT2D eigenvalue weighted by atomic mass is 32.2. The number of aryl methyl sites for hydroxylation is 1. The number of carbonyl (C=O) groups excluding carboxylic acids is 4. The number of hydrogen-bond donors (Lipinski definition) is 2. The minimum Gasteiger partial charge on any atom is -0.448 e. The number of anilines is 1. The van der Waals surface area contributed by atoms with Gasteiger partial charge in [0, 0.05) is 40.4 Å². The number of thiazole rings is 1. The Morgan fingerprint density at radius 1 is 0.819 bits per heavy atom. The summed E-state index contributed by atoms with van der Waals surface area (Å²) in [6.45, 7) is 5.21. The number of fused-ring (bicyclic) bond motifs is 1. The van der Waals surface area contributed by atoms with Crippen molar-refractivity contribution < 1.29 is 33.5 Å². The standard InChI is InChI=1S/C52H45N9O7S4/c1-51(2,3)67-50(65)55-48-53-38(31-70-48)39(57-68-52(34-24-14-7-15-25-34,35-26-16-8-17-27-35)36-28-18-9-19-29-36)43(62)54-44-37(30-71-49-56-58-59-60(49)4)40(61-45(63)42(69)46(61)72-44)47(64)66-41(32-20-10-5-11-21-32)33-22-12-6-13-23-33/h5-29,31,41,44,46H,30H2,1-4H3,(H,54,62)(H,53,55,65)/b57-39-/t44?,46-/m0/s1. The van der Waals surface area contributed by atoms with E-state index in [1.54, 1.807) is 33.2 Å². The topological polar surface area (TPSA) is 192 Å². The molecule has 2 atom stereocenters. The molecule has 2 aromatic heterocycles. The van der Waals surface area contributed by atoms with Gasteiger partial charge in [0.25, 0.3) is 11.8 Å². The average molecular weight is 1040 g/mol. The minimum atomic E-state index is -1.42. The van der Waals surface area contributed by atoms with Crippen molar-refractivity contribution in [2.45, 2.75) is 54.0 Å². The van der Waals surface area contributed by atoms with Crippen molar-refractivity contribution in [1.29, 1.82) is 0 Å². The Kier molecular flexibility index (Phi) is 14.7. The summed E-state index contributed by atoms with van der Waals surface area (Å²) in [7, 11) is 1.67. The number of aromatic nitrogens is 5. The van der Waals surface area contributed by atoms with Gasteiger partial charge in [-0.1, -0.05) is 181 Å². The van der Waals surface area contributed by atoms with Crippen molar-refractivity contribution >= 4 is 86.7 Å². The number of esters is 1. The SMILES string of the molecule is Cn1nnnc1SCC1=C(C(=O)OC(c2ccccc2)c2ccccc2)N2C(=O)C(=S)[C@@H]2SC1NC(=O)/C(=N\OC(c1ccccc1)(c1ccccc1)c1ccccc1)c1csc(NC(=O)OC(C)(C)C)n1. The second kappa shape index (κ2) is 21.5. The molecule has 72 heavy (non-hydrogen) atoms. The number of oxime groups is 1. The van der Waals surface area contributed by atoms with Crippen LogP contribution in [0.2, 0.25) is 0 Å². The molecule has 1 unspecified atom stereocenters. The van der Waals surface area contributed by atoms with Crippen LogP contribution in [0.5, 0.6) is 0 Å². The maximum atomic E-state index is 15.4. The first-order valence-electron chi connectivity index (χ1n) is 22.4. The highest BCUT2D eigenvalue weighted by molar-refractivity contribution is 8.03. The zero-order chi connectivity index (χ0) is 50.4. The van der Waals surface area contributed by atoms with E-state index in [-0.39, 0.29) is 32.9 Å². The van der Waals surface area contributed by atoms with Crippen LogP contribution in [0.15, 0.2) is 179 Å². The van der Waals surface area contributed by atoms with Crippen molar-refractivity contribution in [2.24, 2.45) is 12.2 Å². The lowest BCUT2D eigenvalue weighted by Crippen LogP contribution is -2.64. The van der Waals surface area contributed by atoms with E-state index in [0.717, 1.165) is 23.1 Å². The molecule has 2 N–H and O–H groups in total. The molecule has 9 rings (SSSR count). The van der Waals surface area contributed by atoms with Gasteiger partial charge in [0.15, 0.2) is 16.9 Å². The Morgan fingerprint density at radius 3 is 1.88 bits per heavy atom. The van der Waals surface area contributed by atoms with Gasteiger partial charge in [-0.2, -0.15) is 0 Å². The highest BCUT2D eigenvalue weighted by Gasteiger charge is 2.54. The predicted octanol–water partition coefficient (Wildman–Crippen LogP) is 8.83. The van der Waals surface area contributed by atoms with E-state index < -0.39 is 51.9 Å². The van der Waals surface area contributed by atoms with Crippen molar-refractivity contribution in [3.8, 4) is 0 Å². The minimum absolute atomic E-state index is 0.00393. The number of tetrazole rings is 1. The number of ether oxygens (including phenoxy) is 2. The summed E-state index contributed by atoms with van der Waals surface area (Å²) < 4.78 is 13.4. The number of hydrogen-bond acceptors (Lipinski definition) is 16. The number of carbonyl (C=O) groups is 4. The van der Waals surface area contributed by atoms with Crippen molar-refractivity contribution in [3.63, 3.8) is 0 Å². The number of β-lactam (4-membered cyclic amide) rings is 1. The van der Waals surface area contributed by atoms with Crippen molar-refractivity contribution in [2.75, 3.05) is 11.1 Å². The Bertz CT molecular complexity index is 3030. The zero-order valence-corrected chi connectivity index (χ0v) is 42.3. The summed E-state index contributed by atoms with van der Waals surface area (Å²) in [5.74, 6) is -2.14. The monoisotopic (exact) mass is 1040 g/mol. The van der Waals surface area contributed by atoms with Crippen molar-refractivity contribution in [1.82, 2.24) is 35.4 Å². The summed E-state index contributed by atoms with van der Waals surface area (Å²) in [6, 6.07) is 47.0. The lowest BCUT2D eigenvalue weighted by atomic mass is 9.80. The van der Waals surface area contributed by atoms with Gasteiger partial charge in [-0.15, -0.1) is 28.2 Å². The molecule has 1 saturated heterocycles. The first kappa shape index (κ1) is 49.5. The zero-order valence-electron chi connectivity index (χ0n) is 39.1. The second-order valence-corrected chi connectivity index (χ2v) is 20.6. The maximum Gasteiger partial charge on any atom is 0.413 e. The van der Waals surface area contributed by atoms with Crippen LogP contribution in [0.4, 0.5) is 9.93 Å². The fourth-order valence-corrected chi connectivity index (χ4v) is 11.4. The molecule has 2 aliphatic heterocycles. The maximum absolute atomic E-state index is 15.4. The smallest absolute Gasteiger partial charge is 0.413 e. The van der Waals surface area contributed by atoms with Crippen LogP contribution in [0.1, 0.15) is 60.4 Å². The van der Waals surface area contributed by atoms with Crippen LogP contribution in [0, 0.1) is 0 Å². The third kappa shape index (κ3) is 10.6. The van der Waals surface area contributed by atoms with E-state index >= 15 is 9.59 Å². The van der Waals surface area contributed by atoms with Gasteiger partial charge < -0.3 is 19.6 Å². The van der Waals surface area contributed by atoms with Crippen LogP contribution in [0.25, 0.3) is 0 Å². The molecule has 0 saturated carbocycles. The number of thioether (sulfide) groups is 2. The number of rotatable bonds is 16. The molecule has 16 nitrogen and oxygen atoms in total. The number of thiocarbonyl (C=S) groups is 1. The van der Waals surface area contributed by atoms with Gasteiger partial charge in [0.2, 0.25) is 10.8 Å². The second-order valence-electron chi connectivity index (χ2n) is 17.2. The van der Waals surface area contributed by atoms with Gasteiger partial charge in [-0.05, 0) is 42.3 Å². The van der Waals surface area contributed by atoms with E-state index in [4.69, 9.17) is 31.7 Å². The molecular formula is C52H45N9O7S4. The van der Waals surface area contributed by atoms with Crippen LogP contribution < -0.4 is 10.6 Å². The summed E-state index contributed by atoms with van der Waals surface area (Å²) in [4.78, 5) is 70.0. The number of nitrogens with zero attached hydrogens (tertiary/aromatic N) is 7. The summed E-state index contributed by atoms with van der Waals surface area (Å²) >= 11 is 9.01. The van der Waals surface area contributed by atoms with Gasteiger partial charge in [0.1, 0.15) is 32.6 Å². The molecule has 0 spiro atoms. The third-order valence-corrected chi connectivity index (χ3v) is 15.0. The van der Waals surface area contributed by atoms with E-state index in [0.29, 0.717) is 38.5 Å². The molecule has 364 valence electrons. The lowest BCUT2D eigenvalue weighted by molar-refractivity contribution is -0.147. The number of benzene rings is 5. The van der Waals surface area contributed by atoms with Crippen molar-refractivity contribution in [3.05, 3.63) is 202 Å². The molecule has 4 heterocycles. The van der Waals surface area contributed by atoms with E-state index in [1.165, 1.54) is 21.3 Å². The molecule has 0 bridgehead atoms. The van der Waals surface area contributed by atoms with Gasteiger partial charge in [-0.3, -0.25) is 19.8 Å². The first-order chi connectivity index (χ1) is 34.8. The van der Waals surface area contributed by atoms with Crippen LogP contribution in [-0.4, -0.2) is 86.6 Å². The van der Waals surface area contributed by atoms with E-state index in [1.807, 2.05) is 152 Å². The van der Waals surface area contributed by atoms with E-state index in [2.05, 4.69) is 31.1 Å². The molecule has 0 radical (unpaired) electrons. The summed E-state index contributed by atoms with van der Waals surface area (Å²) in [5, 5.41) is 22.6. The van der Waals surface area contributed by atoms with Gasteiger partial charge in [0.05, 0.1) is 0 Å². The average Bonchev–Trinajstić information content (AvgIpc) is 4.04. The Balaban J connectivity index is 1.16. The molecule has 2 aliphatic rings. The summed E-state index contributed by atoms with van der Waals surface area (Å²) in [6.07, 6.45) is -1.63. The van der Waals surface area contributed by atoms with Gasteiger partial charge >= 0.3 is 12.1 Å². The first-order valence-corrected chi connectivity index (χ1v) is 25.6.